The third kappa shape index (κ3) is 176. The van der Waals surface area contributed by atoms with Crippen molar-refractivity contribution in [2.75, 3.05) is 0 Å². The predicted molar refractivity (Wildman–Crippen MR) is 15.0 cm³/mol. The molecule has 0 unspecified atom stereocenters. The van der Waals surface area contributed by atoms with Crippen LogP contribution in [0.15, 0.2) is 0 Å². The first-order chi connectivity index (χ1) is 2.00. The second-order valence-electron chi connectivity index (χ2n) is 0. The summed E-state index contributed by atoms with van der Waals surface area (Å²) < 4.78 is 0. The summed E-state index contributed by atoms with van der Waals surface area (Å²) in [5, 5.41) is 12.5. The Kier molecular flexibility index (Phi) is 1810. The minimum Gasteiger partial charge on any atom is -0.512 e. The molecular formula is C2H3KN3-. The van der Waals surface area contributed by atoms with Crippen molar-refractivity contribution in [3.63, 3.8) is 0 Å². The van der Waals surface area contributed by atoms with Crippen LogP contribution >= 0.6 is 0 Å². The number of nitrogens with zero attached hydrogens (tertiary/aromatic N) is 2. The van der Waals surface area contributed by atoms with E-state index in [2.05, 4.69) is 0 Å². The van der Waals surface area contributed by atoms with E-state index in [9.17, 15) is 0 Å². The zero-order valence-electron chi connectivity index (χ0n) is 3.60. The van der Waals surface area contributed by atoms with Crippen molar-refractivity contribution in [2.24, 2.45) is 0 Å². The fourth-order valence-corrected chi connectivity index (χ4v) is 0. The number of rotatable bonds is 0. The molecule has 0 aliphatic rings. The van der Waals surface area contributed by atoms with Gasteiger partial charge in [-0.2, -0.15) is 0 Å². The van der Waals surface area contributed by atoms with Gasteiger partial charge in [-0.3, -0.25) is 0 Å². The van der Waals surface area contributed by atoms with E-state index in [-0.39, 0.29) is 57.5 Å². The molecule has 0 saturated carbocycles. The average molecular weight is 108 g/mol. The zero-order valence-corrected chi connectivity index (χ0v) is 6.72. The quantitative estimate of drug-likeness (QED) is 0.272. The molecule has 0 bridgehead atoms. The van der Waals surface area contributed by atoms with E-state index >= 15 is 0 Å². The van der Waals surface area contributed by atoms with Gasteiger partial charge in [0, 0.05) is 0 Å². The summed E-state index contributed by atoms with van der Waals surface area (Å²) in [4.78, 5) is 0. The van der Waals surface area contributed by atoms with Crippen molar-refractivity contribution in [3.8, 4) is 0 Å². The molecule has 0 atom stereocenters. The molecule has 3 nitrogen and oxygen atoms in total. The van der Waals surface area contributed by atoms with Crippen LogP contribution in [0, 0.1) is 23.7 Å². The van der Waals surface area contributed by atoms with E-state index in [1.165, 1.54) is 0 Å². The molecule has 0 saturated heterocycles. The smallest absolute Gasteiger partial charge is 0.512 e. The number of hydrogen-bond acceptors (Lipinski definition) is 3. The Morgan fingerprint density at radius 1 is 0.833 bits per heavy atom. The maximum absolute atomic E-state index is 6.25. The molecule has 3 N–H and O–H groups in total. The summed E-state index contributed by atoms with van der Waals surface area (Å²) in [5.41, 5.74) is 0. The largest absolute Gasteiger partial charge is 1.00 e. The van der Waals surface area contributed by atoms with Crippen LogP contribution in [0.1, 0.15) is 0 Å². The standard InChI is InChI=1S/2CN.K.H3N/c2*1-2;;/h;;;1H3/q2*-1;+1;. The van der Waals surface area contributed by atoms with Gasteiger partial charge in [0.05, 0.1) is 0 Å². The van der Waals surface area contributed by atoms with Crippen LogP contribution in [0.4, 0.5) is 0 Å². The van der Waals surface area contributed by atoms with Crippen LogP contribution in [0.25, 0.3) is 0 Å². The fraction of sp³-hybridized carbons (Fsp3) is 0. The zero-order chi connectivity index (χ0) is 4.00. The second kappa shape index (κ2) is 352. The van der Waals surface area contributed by atoms with Crippen molar-refractivity contribution in [3.05, 3.63) is 13.1 Å². The first-order valence-electron chi connectivity index (χ1n) is 0.447. The van der Waals surface area contributed by atoms with Crippen molar-refractivity contribution < 1.29 is 51.4 Å². The maximum atomic E-state index is 6.25. The summed E-state index contributed by atoms with van der Waals surface area (Å²) >= 11 is 0. The Balaban J connectivity index is -0.00000000500. The number of hydrogen-bond donors (Lipinski definition) is 1. The maximum Gasteiger partial charge on any atom is 1.00 e. The van der Waals surface area contributed by atoms with E-state index < -0.39 is 0 Å². The molecule has 0 aromatic heterocycles. The van der Waals surface area contributed by atoms with Gasteiger partial charge in [0.25, 0.3) is 0 Å². The summed E-state index contributed by atoms with van der Waals surface area (Å²) in [6, 6.07) is 0. The first-order valence-corrected chi connectivity index (χ1v) is 0.447. The van der Waals surface area contributed by atoms with Gasteiger partial charge in [-0.05, 0) is 0 Å². The van der Waals surface area contributed by atoms with Gasteiger partial charge >= 0.3 is 51.4 Å². The molecule has 0 heterocycles. The molecule has 0 aromatic carbocycles. The van der Waals surface area contributed by atoms with Crippen molar-refractivity contribution in [2.45, 2.75) is 0 Å². The van der Waals surface area contributed by atoms with Crippen LogP contribution in [-0.4, -0.2) is 0 Å². The van der Waals surface area contributed by atoms with Crippen molar-refractivity contribution >= 4 is 0 Å². The molecule has 0 aliphatic heterocycles. The normalized spacial score (nSPS) is 0.667. The van der Waals surface area contributed by atoms with Gasteiger partial charge in [-0.25, -0.2) is 0 Å². The van der Waals surface area contributed by atoms with Gasteiger partial charge < -0.3 is 29.8 Å². The van der Waals surface area contributed by atoms with Gasteiger partial charge in [-0.1, -0.05) is 0 Å². The summed E-state index contributed by atoms with van der Waals surface area (Å²) in [6.07, 6.45) is 0. The van der Waals surface area contributed by atoms with Crippen molar-refractivity contribution in [1.82, 2.24) is 6.15 Å². The third-order valence-electron chi connectivity index (χ3n) is 0. The van der Waals surface area contributed by atoms with Gasteiger partial charge in [0.15, 0.2) is 0 Å². The molecule has 0 spiro atoms. The Labute approximate surface area is 80.0 Å². The van der Waals surface area contributed by atoms with Crippen LogP contribution in [-0.2, 0) is 0 Å². The first kappa shape index (κ1) is 30.8. The second-order valence-corrected chi connectivity index (χ2v) is 0. The molecular weight excluding hydrogens is 105 g/mol. The Morgan fingerprint density at radius 2 is 0.833 bits per heavy atom. The summed E-state index contributed by atoms with van der Waals surface area (Å²) in [7, 11) is 0. The Morgan fingerprint density at radius 3 is 0.833 bits per heavy atom. The van der Waals surface area contributed by atoms with Gasteiger partial charge in [0.2, 0.25) is 0 Å². The minimum absolute atomic E-state index is 0. The molecule has 6 heavy (non-hydrogen) atoms. The molecule has 0 radical (unpaired) electrons. The monoisotopic (exact) mass is 108 g/mol. The van der Waals surface area contributed by atoms with Gasteiger partial charge in [0.1, 0.15) is 0 Å². The van der Waals surface area contributed by atoms with Crippen LogP contribution in [0.5, 0.6) is 0 Å². The topological polar surface area (TPSA) is 82.6 Å². The SMILES string of the molecule is N.[C-]#N.[C-]#N.[K+]. The Bertz CT molecular complexity index is 24.3. The summed E-state index contributed by atoms with van der Waals surface area (Å²) in [5.74, 6) is 0. The van der Waals surface area contributed by atoms with Crippen LogP contribution in [0.3, 0.4) is 0 Å². The van der Waals surface area contributed by atoms with Crippen molar-refractivity contribution in [1.29, 1.82) is 10.5 Å². The van der Waals surface area contributed by atoms with Crippen LogP contribution in [0.2, 0.25) is 0 Å². The minimum atomic E-state index is 0. The van der Waals surface area contributed by atoms with E-state index in [4.69, 9.17) is 23.7 Å². The molecule has 0 rings (SSSR count). The van der Waals surface area contributed by atoms with E-state index in [0.717, 1.165) is 0 Å². The summed E-state index contributed by atoms with van der Waals surface area (Å²) in [6.45, 7) is 9.50. The predicted octanol–water partition coefficient (Wildman–Crippen LogP) is -2.64. The molecule has 4 heteroatoms. The molecule has 0 aliphatic carbocycles. The van der Waals surface area contributed by atoms with Gasteiger partial charge in [-0.15, -0.1) is 0 Å². The average Bonchev–Trinajstić information content (AvgIpc) is 1.50. The van der Waals surface area contributed by atoms with E-state index in [0.29, 0.717) is 0 Å². The molecule has 0 aromatic rings. The van der Waals surface area contributed by atoms with Crippen LogP contribution < -0.4 is 57.5 Å². The molecule has 0 fully saturated rings. The van der Waals surface area contributed by atoms with E-state index in [1.54, 1.807) is 0 Å². The molecule has 0 amide bonds. The fourth-order valence-electron chi connectivity index (χ4n) is 0. The third-order valence-corrected chi connectivity index (χ3v) is 0. The molecule has 28 valence electrons. The van der Waals surface area contributed by atoms with E-state index in [1.807, 2.05) is 0 Å². The Hall–Kier alpha value is 0.576.